The van der Waals surface area contributed by atoms with Crippen molar-refractivity contribution in [3.8, 4) is 11.1 Å². The van der Waals surface area contributed by atoms with Gasteiger partial charge in [0.25, 0.3) is 11.5 Å². The molecule has 0 fully saturated rings. The molecule has 0 spiro atoms. The number of anilines is 4. The molecular weight excluding hydrogens is 468 g/mol. The van der Waals surface area contributed by atoms with Gasteiger partial charge in [-0.05, 0) is 54.8 Å². The van der Waals surface area contributed by atoms with Gasteiger partial charge in [-0.3, -0.25) is 14.7 Å². The lowest BCUT2D eigenvalue weighted by Gasteiger charge is -2.31. The van der Waals surface area contributed by atoms with Crippen molar-refractivity contribution in [1.29, 1.82) is 0 Å². The summed E-state index contributed by atoms with van der Waals surface area (Å²) in [7, 11) is 5.75. The van der Waals surface area contributed by atoms with Crippen LogP contribution in [0.3, 0.4) is 0 Å². The molecule has 0 saturated carbocycles. The number of aliphatic hydroxyl groups is 1. The molecule has 1 aliphatic heterocycles. The molecule has 0 atom stereocenters. The molecule has 2 aromatic carbocycles. The van der Waals surface area contributed by atoms with Crippen LogP contribution in [0.5, 0.6) is 0 Å². The molecule has 1 aliphatic rings. The van der Waals surface area contributed by atoms with Crippen LogP contribution in [-0.2, 0) is 13.0 Å². The summed E-state index contributed by atoms with van der Waals surface area (Å²) in [6.45, 7) is 2.08. The van der Waals surface area contributed by atoms with E-state index in [2.05, 4.69) is 21.2 Å². The number of benzene rings is 2. The van der Waals surface area contributed by atoms with Crippen molar-refractivity contribution in [2.24, 2.45) is 0 Å². The van der Waals surface area contributed by atoms with Crippen LogP contribution >= 0.6 is 0 Å². The number of rotatable bonds is 6. The molecule has 0 bridgehead atoms. The fourth-order valence-electron chi connectivity index (χ4n) is 4.94. The van der Waals surface area contributed by atoms with Gasteiger partial charge in [-0.2, -0.15) is 5.10 Å². The minimum Gasteiger partial charge on any atom is -0.392 e. The minimum atomic E-state index is -0.258. The Bertz CT molecular complexity index is 1520. The van der Waals surface area contributed by atoms with Crippen molar-refractivity contribution in [3.05, 3.63) is 87.5 Å². The van der Waals surface area contributed by atoms with Gasteiger partial charge in [0.15, 0.2) is 0 Å². The molecule has 2 aromatic heterocycles. The molecule has 0 saturated heterocycles. The number of fused-ring (bicyclic) bond motifs is 1. The second-order valence-corrected chi connectivity index (χ2v) is 9.43. The number of aryl methyl sites for hydroxylation is 1. The molecule has 3 N–H and O–H groups in total. The monoisotopic (exact) mass is 498 g/mol. The first kappa shape index (κ1) is 24.3. The first-order valence-corrected chi connectivity index (χ1v) is 12.1. The van der Waals surface area contributed by atoms with Crippen molar-refractivity contribution < 1.29 is 9.90 Å². The van der Waals surface area contributed by atoms with E-state index >= 15 is 0 Å². The van der Waals surface area contributed by atoms with Gasteiger partial charge >= 0.3 is 0 Å². The van der Waals surface area contributed by atoms with Crippen LogP contribution in [-0.4, -0.2) is 53.9 Å². The Morgan fingerprint density at radius 3 is 2.54 bits per heavy atom. The zero-order chi connectivity index (χ0) is 26.3. The van der Waals surface area contributed by atoms with E-state index in [9.17, 15) is 14.7 Å². The number of nitrogens with zero attached hydrogens (tertiary/aromatic N) is 4. The summed E-state index contributed by atoms with van der Waals surface area (Å²) >= 11 is 0. The summed E-state index contributed by atoms with van der Waals surface area (Å²) < 4.78 is 0. The molecular formula is C28H30N6O3. The molecule has 4 aromatic rings. The number of aromatic nitrogens is 3. The van der Waals surface area contributed by atoms with Crippen LogP contribution in [0.1, 0.15) is 27.2 Å². The maximum atomic E-state index is 13.6. The van der Waals surface area contributed by atoms with E-state index in [1.165, 1.54) is 0 Å². The summed E-state index contributed by atoms with van der Waals surface area (Å²) in [4.78, 5) is 34.8. The summed E-state index contributed by atoms with van der Waals surface area (Å²) in [6.07, 6.45) is 2.34. The lowest BCUT2D eigenvalue weighted by atomic mass is 9.94. The number of hydrogen-bond acceptors (Lipinski definition) is 6. The van der Waals surface area contributed by atoms with E-state index < -0.39 is 0 Å². The van der Waals surface area contributed by atoms with Crippen molar-refractivity contribution in [3.63, 3.8) is 0 Å². The van der Waals surface area contributed by atoms with Crippen LogP contribution in [0.4, 0.5) is 22.9 Å². The van der Waals surface area contributed by atoms with Crippen molar-refractivity contribution in [2.45, 2.75) is 20.0 Å². The summed E-state index contributed by atoms with van der Waals surface area (Å²) in [5.74, 6) is 0.586. The maximum absolute atomic E-state index is 13.6. The zero-order valence-corrected chi connectivity index (χ0v) is 21.4. The Morgan fingerprint density at radius 2 is 1.84 bits per heavy atom. The van der Waals surface area contributed by atoms with E-state index in [0.29, 0.717) is 47.0 Å². The van der Waals surface area contributed by atoms with Crippen molar-refractivity contribution in [1.82, 2.24) is 15.2 Å². The van der Waals surface area contributed by atoms with Crippen LogP contribution in [0.2, 0.25) is 0 Å². The Labute approximate surface area is 215 Å². The first-order valence-electron chi connectivity index (χ1n) is 12.1. The lowest BCUT2D eigenvalue weighted by Crippen LogP contribution is -2.38. The van der Waals surface area contributed by atoms with E-state index in [-0.39, 0.29) is 18.1 Å². The molecule has 37 heavy (non-hydrogen) atoms. The number of carbonyl (C=O) groups excluding carboxylic acids is 1. The van der Waals surface area contributed by atoms with E-state index in [1.807, 2.05) is 62.3 Å². The molecule has 9 heteroatoms. The van der Waals surface area contributed by atoms with E-state index in [1.54, 1.807) is 29.1 Å². The highest BCUT2D eigenvalue weighted by atomic mass is 16.3. The van der Waals surface area contributed by atoms with Crippen LogP contribution < -0.4 is 20.3 Å². The lowest BCUT2D eigenvalue weighted by molar-refractivity contribution is 0.0980. The standard InChI is InChI=1S/C28H30N6O3/c1-17-22(15-25(27(36)30-17)33(4)26-10-12-29-31-26)21-6-5-7-24(23(21)16-35)34-13-11-18-14-19(32(2)3)8-9-20(18)28(34)37/h5-10,12,14-15,35H,11,13,16H2,1-4H3,(H,29,31)(H,30,36). The largest absolute Gasteiger partial charge is 0.392 e. The third-order valence-electron chi connectivity index (χ3n) is 7.00. The van der Waals surface area contributed by atoms with Gasteiger partial charge in [-0.15, -0.1) is 0 Å². The average Bonchev–Trinajstić information content (AvgIpc) is 3.43. The number of aromatic amines is 2. The highest BCUT2D eigenvalue weighted by Crippen LogP contribution is 2.36. The normalized spacial score (nSPS) is 13.0. The molecule has 3 heterocycles. The topological polar surface area (TPSA) is 109 Å². The Balaban J connectivity index is 1.58. The predicted octanol–water partition coefficient (Wildman–Crippen LogP) is 3.60. The molecule has 5 rings (SSSR count). The minimum absolute atomic E-state index is 0.0868. The quantitative estimate of drug-likeness (QED) is 0.375. The second-order valence-electron chi connectivity index (χ2n) is 9.43. The third kappa shape index (κ3) is 4.27. The van der Waals surface area contributed by atoms with Crippen molar-refractivity contribution in [2.75, 3.05) is 42.4 Å². The third-order valence-corrected chi connectivity index (χ3v) is 7.00. The number of amides is 1. The Kier molecular flexibility index (Phi) is 6.31. The fourth-order valence-corrected chi connectivity index (χ4v) is 4.94. The maximum Gasteiger partial charge on any atom is 0.272 e. The van der Waals surface area contributed by atoms with Gasteiger partial charge in [0, 0.05) is 61.8 Å². The fraction of sp³-hybridized carbons (Fsp3) is 0.250. The number of pyridine rings is 1. The number of nitrogens with one attached hydrogen (secondary N) is 2. The Morgan fingerprint density at radius 1 is 1.03 bits per heavy atom. The molecule has 9 nitrogen and oxygen atoms in total. The smallest absolute Gasteiger partial charge is 0.272 e. The molecule has 1 amide bonds. The zero-order valence-electron chi connectivity index (χ0n) is 21.4. The van der Waals surface area contributed by atoms with Gasteiger partial charge < -0.3 is 24.8 Å². The second kappa shape index (κ2) is 9.59. The first-order chi connectivity index (χ1) is 17.8. The summed E-state index contributed by atoms with van der Waals surface area (Å²) in [6, 6.07) is 15.1. The summed E-state index contributed by atoms with van der Waals surface area (Å²) in [5, 5.41) is 17.3. The van der Waals surface area contributed by atoms with E-state index in [4.69, 9.17) is 0 Å². The summed E-state index contributed by atoms with van der Waals surface area (Å²) in [5.41, 5.74) is 6.45. The highest BCUT2D eigenvalue weighted by molar-refractivity contribution is 6.09. The van der Waals surface area contributed by atoms with Crippen LogP contribution in [0.25, 0.3) is 11.1 Å². The van der Waals surface area contributed by atoms with Gasteiger partial charge in [0.1, 0.15) is 11.5 Å². The van der Waals surface area contributed by atoms with Gasteiger partial charge in [0.05, 0.1) is 18.5 Å². The highest BCUT2D eigenvalue weighted by Gasteiger charge is 2.28. The van der Waals surface area contributed by atoms with Crippen molar-refractivity contribution >= 4 is 28.8 Å². The van der Waals surface area contributed by atoms with Gasteiger partial charge in [-0.25, -0.2) is 0 Å². The number of carbonyl (C=O) groups is 1. The molecule has 0 unspecified atom stereocenters. The van der Waals surface area contributed by atoms with Crippen LogP contribution in [0.15, 0.2) is 59.5 Å². The number of hydrogen-bond donors (Lipinski definition) is 3. The SMILES string of the molecule is Cc1[nH]c(=O)c(N(C)c2ccn[nH]2)cc1-c1cccc(N2CCc3cc(N(C)C)ccc3C2=O)c1CO. The number of aliphatic hydroxyl groups excluding tert-OH is 1. The average molecular weight is 499 g/mol. The molecule has 190 valence electrons. The van der Waals surface area contributed by atoms with Crippen LogP contribution in [0, 0.1) is 6.92 Å². The Hall–Kier alpha value is -4.37. The van der Waals surface area contributed by atoms with Gasteiger partial charge in [0.2, 0.25) is 0 Å². The molecule has 0 aliphatic carbocycles. The predicted molar refractivity (Wildman–Crippen MR) is 146 cm³/mol. The molecule has 0 radical (unpaired) electrons. The van der Waals surface area contributed by atoms with E-state index in [0.717, 1.165) is 22.4 Å². The van der Waals surface area contributed by atoms with Gasteiger partial charge in [-0.1, -0.05) is 12.1 Å². The number of H-pyrrole nitrogens is 2.